The van der Waals surface area contributed by atoms with Gasteiger partial charge in [-0.1, -0.05) is 26.2 Å². The molecule has 0 spiro atoms. The van der Waals surface area contributed by atoms with Crippen molar-refractivity contribution in [1.29, 1.82) is 0 Å². The fourth-order valence-electron chi connectivity index (χ4n) is 2.91. The van der Waals surface area contributed by atoms with Gasteiger partial charge in [-0.15, -0.1) is 0 Å². The normalized spacial score (nSPS) is 24.9. The molecule has 1 unspecified atom stereocenters. The Kier molecular flexibility index (Phi) is 5.23. The standard InChI is InChI=1S/C14H28FN/c1-5-6-7-9-12(2)16-11-8-10-13(16)14(3,4)15/h12-13H,5-11H2,1-4H3/t12?,13-/m0/s1. The number of hydrogen-bond donors (Lipinski definition) is 0. The molecule has 16 heavy (non-hydrogen) atoms. The predicted octanol–water partition coefficient (Wildman–Crippen LogP) is 4.17. The molecule has 0 aromatic carbocycles. The molecule has 0 aliphatic carbocycles. The summed E-state index contributed by atoms with van der Waals surface area (Å²) >= 11 is 0. The molecule has 1 aliphatic heterocycles. The Hall–Kier alpha value is -0.110. The number of rotatable bonds is 6. The van der Waals surface area contributed by atoms with Gasteiger partial charge in [-0.05, 0) is 46.6 Å². The van der Waals surface area contributed by atoms with Gasteiger partial charge in [0.15, 0.2) is 0 Å². The molecule has 0 radical (unpaired) electrons. The molecule has 1 heterocycles. The van der Waals surface area contributed by atoms with Crippen LogP contribution in [0.3, 0.4) is 0 Å². The van der Waals surface area contributed by atoms with Crippen LogP contribution >= 0.6 is 0 Å². The van der Waals surface area contributed by atoms with Crippen LogP contribution < -0.4 is 0 Å². The van der Waals surface area contributed by atoms with E-state index in [4.69, 9.17) is 0 Å². The first-order valence-corrected chi connectivity index (χ1v) is 6.91. The Bertz CT molecular complexity index is 197. The van der Waals surface area contributed by atoms with Crippen LogP contribution in [0.1, 0.15) is 66.2 Å². The second-order valence-corrected chi connectivity index (χ2v) is 5.81. The van der Waals surface area contributed by atoms with Crippen LogP contribution in [-0.4, -0.2) is 29.2 Å². The highest BCUT2D eigenvalue weighted by Crippen LogP contribution is 2.32. The Balaban J connectivity index is 2.44. The molecule has 0 saturated carbocycles. The average molecular weight is 229 g/mol. The minimum absolute atomic E-state index is 0.143. The second-order valence-electron chi connectivity index (χ2n) is 5.81. The van der Waals surface area contributed by atoms with Crippen molar-refractivity contribution in [3.63, 3.8) is 0 Å². The van der Waals surface area contributed by atoms with Gasteiger partial charge in [0.1, 0.15) is 5.67 Å². The van der Waals surface area contributed by atoms with Crippen molar-refractivity contribution in [2.45, 2.75) is 84.0 Å². The molecular weight excluding hydrogens is 201 g/mol. The molecule has 1 fully saturated rings. The number of alkyl halides is 1. The SMILES string of the molecule is CCCCCC(C)N1CCC[C@H]1C(C)(C)F. The third kappa shape index (κ3) is 3.73. The molecule has 0 N–H and O–H groups in total. The monoisotopic (exact) mass is 229 g/mol. The number of nitrogens with zero attached hydrogens (tertiary/aromatic N) is 1. The molecular formula is C14H28FN. The van der Waals surface area contributed by atoms with E-state index >= 15 is 0 Å². The van der Waals surface area contributed by atoms with Crippen LogP contribution in [0, 0.1) is 0 Å². The van der Waals surface area contributed by atoms with E-state index in [1.165, 1.54) is 25.7 Å². The van der Waals surface area contributed by atoms with E-state index in [1.54, 1.807) is 13.8 Å². The lowest BCUT2D eigenvalue weighted by atomic mass is 9.97. The zero-order chi connectivity index (χ0) is 12.2. The van der Waals surface area contributed by atoms with Crippen molar-refractivity contribution < 1.29 is 4.39 Å². The van der Waals surface area contributed by atoms with Crippen LogP contribution in [0.5, 0.6) is 0 Å². The Morgan fingerprint density at radius 3 is 2.62 bits per heavy atom. The van der Waals surface area contributed by atoms with Crippen molar-refractivity contribution in [1.82, 2.24) is 4.90 Å². The van der Waals surface area contributed by atoms with E-state index < -0.39 is 5.67 Å². The zero-order valence-corrected chi connectivity index (χ0v) is 11.4. The Morgan fingerprint density at radius 2 is 2.06 bits per heavy atom. The van der Waals surface area contributed by atoms with Crippen molar-refractivity contribution in [3.05, 3.63) is 0 Å². The summed E-state index contributed by atoms with van der Waals surface area (Å²) in [6.45, 7) is 9.04. The lowest BCUT2D eigenvalue weighted by molar-refractivity contribution is 0.0529. The van der Waals surface area contributed by atoms with Crippen molar-refractivity contribution in [2.75, 3.05) is 6.54 Å². The van der Waals surface area contributed by atoms with Gasteiger partial charge in [-0.2, -0.15) is 0 Å². The van der Waals surface area contributed by atoms with E-state index in [2.05, 4.69) is 18.7 Å². The molecule has 1 saturated heterocycles. The molecule has 0 aromatic heterocycles. The van der Waals surface area contributed by atoms with Crippen molar-refractivity contribution >= 4 is 0 Å². The largest absolute Gasteiger partial charge is 0.295 e. The molecule has 1 rings (SSSR count). The van der Waals surface area contributed by atoms with Gasteiger partial charge < -0.3 is 0 Å². The summed E-state index contributed by atoms with van der Waals surface area (Å²) in [5.41, 5.74) is -1.05. The number of halogens is 1. The highest BCUT2D eigenvalue weighted by Gasteiger charge is 2.39. The fourth-order valence-corrected chi connectivity index (χ4v) is 2.91. The molecule has 1 aliphatic rings. The molecule has 1 nitrogen and oxygen atoms in total. The van der Waals surface area contributed by atoms with E-state index in [1.807, 2.05) is 0 Å². The molecule has 2 atom stereocenters. The van der Waals surface area contributed by atoms with Crippen LogP contribution in [-0.2, 0) is 0 Å². The first kappa shape index (κ1) is 14.0. The van der Waals surface area contributed by atoms with Gasteiger partial charge >= 0.3 is 0 Å². The van der Waals surface area contributed by atoms with E-state index in [-0.39, 0.29) is 6.04 Å². The zero-order valence-electron chi connectivity index (χ0n) is 11.4. The van der Waals surface area contributed by atoms with Gasteiger partial charge in [0.2, 0.25) is 0 Å². The third-order valence-corrected chi connectivity index (χ3v) is 3.88. The van der Waals surface area contributed by atoms with Crippen LogP contribution in [0.2, 0.25) is 0 Å². The molecule has 2 heteroatoms. The Labute approximate surface area is 100 Å². The van der Waals surface area contributed by atoms with Crippen LogP contribution in [0.15, 0.2) is 0 Å². The topological polar surface area (TPSA) is 3.24 Å². The first-order valence-electron chi connectivity index (χ1n) is 6.91. The summed E-state index contributed by atoms with van der Waals surface area (Å²) < 4.78 is 14.1. The fraction of sp³-hybridized carbons (Fsp3) is 1.00. The number of unbranched alkanes of at least 4 members (excludes halogenated alkanes) is 2. The van der Waals surface area contributed by atoms with Gasteiger partial charge in [0, 0.05) is 12.1 Å². The molecule has 96 valence electrons. The maximum absolute atomic E-state index is 14.1. The highest BCUT2D eigenvalue weighted by atomic mass is 19.1. The van der Waals surface area contributed by atoms with Gasteiger partial charge in [0.05, 0.1) is 0 Å². The minimum atomic E-state index is -1.05. The highest BCUT2D eigenvalue weighted by molar-refractivity contribution is 4.93. The summed E-state index contributed by atoms with van der Waals surface area (Å²) in [6, 6.07) is 0.693. The van der Waals surface area contributed by atoms with Crippen LogP contribution in [0.4, 0.5) is 4.39 Å². The lowest BCUT2D eigenvalue weighted by Gasteiger charge is -2.36. The van der Waals surface area contributed by atoms with Crippen LogP contribution in [0.25, 0.3) is 0 Å². The van der Waals surface area contributed by atoms with E-state index in [9.17, 15) is 4.39 Å². The summed E-state index contributed by atoms with van der Waals surface area (Å²) in [6.07, 6.45) is 7.28. The lowest BCUT2D eigenvalue weighted by Crippen LogP contribution is -2.46. The first-order chi connectivity index (χ1) is 7.46. The third-order valence-electron chi connectivity index (χ3n) is 3.88. The number of likely N-dealkylation sites (tertiary alicyclic amines) is 1. The smallest absolute Gasteiger partial charge is 0.120 e. The molecule has 0 amide bonds. The second kappa shape index (κ2) is 6.00. The summed E-state index contributed by atoms with van der Waals surface area (Å²) in [4.78, 5) is 2.40. The van der Waals surface area contributed by atoms with Crippen molar-refractivity contribution in [2.24, 2.45) is 0 Å². The van der Waals surface area contributed by atoms with Gasteiger partial charge in [-0.25, -0.2) is 4.39 Å². The maximum atomic E-state index is 14.1. The molecule has 0 aromatic rings. The predicted molar refractivity (Wildman–Crippen MR) is 68.5 cm³/mol. The maximum Gasteiger partial charge on any atom is 0.120 e. The summed E-state index contributed by atoms with van der Waals surface area (Å²) in [5.74, 6) is 0. The van der Waals surface area contributed by atoms with E-state index in [0.717, 1.165) is 19.4 Å². The minimum Gasteiger partial charge on any atom is -0.295 e. The van der Waals surface area contributed by atoms with E-state index in [0.29, 0.717) is 6.04 Å². The summed E-state index contributed by atoms with van der Waals surface area (Å²) in [7, 11) is 0. The van der Waals surface area contributed by atoms with Gasteiger partial charge in [0.25, 0.3) is 0 Å². The molecule has 0 bridgehead atoms. The Morgan fingerprint density at radius 1 is 1.38 bits per heavy atom. The quantitative estimate of drug-likeness (QED) is 0.618. The van der Waals surface area contributed by atoms with Gasteiger partial charge in [-0.3, -0.25) is 4.90 Å². The average Bonchev–Trinajstić information content (AvgIpc) is 2.65. The van der Waals surface area contributed by atoms with Crippen molar-refractivity contribution in [3.8, 4) is 0 Å². The number of hydrogen-bond acceptors (Lipinski definition) is 1. The summed E-state index contributed by atoms with van der Waals surface area (Å²) in [5, 5.41) is 0.